The molecule has 2 aromatic rings. The lowest BCUT2D eigenvalue weighted by molar-refractivity contribution is 0.0508. The first-order chi connectivity index (χ1) is 9.08. The lowest BCUT2D eigenvalue weighted by Crippen LogP contribution is -2.10. The number of rotatable bonds is 4. The van der Waals surface area contributed by atoms with E-state index < -0.39 is 5.97 Å². The van der Waals surface area contributed by atoms with Crippen LogP contribution in [0.3, 0.4) is 0 Å². The van der Waals surface area contributed by atoms with Crippen molar-refractivity contribution in [1.29, 1.82) is 0 Å². The van der Waals surface area contributed by atoms with Crippen molar-refractivity contribution in [3.63, 3.8) is 0 Å². The molecule has 0 aliphatic heterocycles. The Kier molecular flexibility index (Phi) is 4.06. The molecule has 0 spiro atoms. The van der Waals surface area contributed by atoms with Gasteiger partial charge in [-0.15, -0.1) is 0 Å². The van der Waals surface area contributed by atoms with E-state index in [1.807, 2.05) is 13.1 Å². The number of nitrogen functional groups attached to an aromatic ring is 1. The minimum absolute atomic E-state index is 0.267. The molecule has 0 aliphatic rings. The summed E-state index contributed by atoms with van der Waals surface area (Å²) in [6.07, 6.45) is 2.30. The highest BCUT2D eigenvalue weighted by atomic mass is 35.5. The minimum atomic E-state index is -0.473. The van der Waals surface area contributed by atoms with Crippen molar-refractivity contribution < 1.29 is 9.53 Å². The molecule has 1 aromatic carbocycles. The minimum Gasteiger partial charge on any atom is -0.462 e. The highest BCUT2D eigenvalue weighted by molar-refractivity contribution is 6.33. The molecule has 0 aliphatic carbocycles. The Labute approximate surface area is 115 Å². The smallest absolute Gasteiger partial charge is 0.339 e. The van der Waals surface area contributed by atoms with Crippen LogP contribution in [0.5, 0.6) is 0 Å². The van der Waals surface area contributed by atoms with Gasteiger partial charge in [0.15, 0.2) is 0 Å². The van der Waals surface area contributed by atoms with Crippen molar-refractivity contribution in [3.8, 4) is 0 Å². The van der Waals surface area contributed by atoms with Gasteiger partial charge in [-0.3, -0.25) is 4.68 Å². The Balaban J connectivity index is 1.94. The number of aromatic nitrogens is 2. The van der Waals surface area contributed by atoms with Crippen LogP contribution in [0.25, 0.3) is 0 Å². The summed E-state index contributed by atoms with van der Waals surface area (Å²) in [7, 11) is 1.84. The fourth-order valence-electron chi connectivity index (χ4n) is 1.67. The zero-order valence-corrected chi connectivity index (χ0v) is 11.2. The Bertz CT molecular complexity index is 595. The highest BCUT2D eigenvalue weighted by Crippen LogP contribution is 2.19. The van der Waals surface area contributed by atoms with Crippen molar-refractivity contribution in [2.45, 2.75) is 6.42 Å². The Morgan fingerprint density at radius 1 is 1.47 bits per heavy atom. The van der Waals surface area contributed by atoms with Crippen molar-refractivity contribution in [3.05, 3.63) is 46.7 Å². The third-order valence-electron chi connectivity index (χ3n) is 2.72. The number of carbonyl (C=O) groups is 1. The molecule has 2 N–H and O–H groups in total. The largest absolute Gasteiger partial charge is 0.462 e. The van der Waals surface area contributed by atoms with Gasteiger partial charge in [-0.2, -0.15) is 5.10 Å². The molecule has 0 saturated carbocycles. The lowest BCUT2D eigenvalue weighted by Gasteiger charge is -2.07. The number of hydrogen-bond donors (Lipinski definition) is 1. The highest BCUT2D eigenvalue weighted by Gasteiger charge is 2.12. The van der Waals surface area contributed by atoms with E-state index >= 15 is 0 Å². The van der Waals surface area contributed by atoms with Crippen LogP contribution in [-0.2, 0) is 18.2 Å². The van der Waals surface area contributed by atoms with Gasteiger partial charge in [-0.05, 0) is 24.3 Å². The number of halogens is 1. The number of aryl methyl sites for hydroxylation is 1. The summed E-state index contributed by atoms with van der Waals surface area (Å²) >= 11 is 5.92. The maximum Gasteiger partial charge on any atom is 0.339 e. The quantitative estimate of drug-likeness (QED) is 0.687. The molecule has 0 atom stereocenters. The zero-order chi connectivity index (χ0) is 13.8. The first kappa shape index (κ1) is 13.4. The number of hydrogen-bond acceptors (Lipinski definition) is 4. The fourth-order valence-corrected chi connectivity index (χ4v) is 1.87. The van der Waals surface area contributed by atoms with Crippen LogP contribution in [0.1, 0.15) is 16.1 Å². The molecule has 0 saturated heterocycles. The normalized spacial score (nSPS) is 10.4. The van der Waals surface area contributed by atoms with E-state index in [0.29, 0.717) is 17.1 Å². The number of benzene rings is 1. The summed E-state index contributed by atoms with van der Waals surface area (Å²) in [6, 6.07) is 6.60. The van der Waals surface area contributed by atoms with Gasteiger partial charge in [-0.25, -0.2) is 4.79 Å². The van der Waals surface area contributed by atoms with Gasteiger partial charge in [0.1, 0.15) is 0 Å². The molecular weight excluding hydrogens is 266 g/mol. The number of carbonyl (C=O) groups excluding carboxylic acids is 1. The first-order valence-electron chi connectivity index (χ1n) is 5.77. The number of nitrogens with two attached hydrogens (primary N) is 1. The van der Waals surface area contributed by atoms with E-state index in [0.717, 1.165) is 5.69 Å². The predicted molar refractivity (Wildman–Crippen MR) is 73.1 cm³/mol. The van der Waals surface area contributed by atoms with Crippen molar-refractivity contribution in [1.82, 2.24) is 9.78 Å². The average molecular weight is 280 g/mol. The SMILES string of the molecule is Cn1nccc1CCOC(=O)c1cc(N)ccc1Cl. The third kappa shape index (κ3) is 3.26. The van der Waals surface area contributed by atoms with Crippen LogP contribution in [-0.4, -0.2) is 22.4 Å². The molecule has 2 rings (SSSR count). The van der Waals surface area contributed by atoms with Crippen molar-refractivity contribution in [2.24, 2.45) is 7.05 Å². The van der Waals surface area contributed by atoms with E-state index in [1.165, 1.54) is 6.07 Å². The van der Waals surface area contributed by atoms with Crippen molar-refractivity contribution in [2.75, 3.05) is 12.3 Å². The second-order valence-electron chi connectivity index (χ2n) is 4.07. The maximum absolute atomic E-state index is 11.8. The Hall–Kier alpha value is -2.01. The topological polar surface area (TPSA) is 70.1 Å². The molecule has 0 amide bonds. The van der Waals surface area contributed by atoms with E-state index in [1.54, 1.807) is 23.0 Å². The van der Waals surface area contributed by atoms with E-state index in [2.05, 4.69) is 5.10 Å². The molecule has 1 heterocycles. The summed E-state index contributed by atoms with van der Waals surface area (Å²) in [5.41, 5.74) is 7.36. The summed E-state index contributed by atoms with van der Waals surface area (Å²) in [6.45, 7) is 0.267. The van der Waals surface area contributed by atoms with Gasteiger partial charge in [0, 0.05) is 31.0 Å². The molecule has 6 heteroatoms. The standard InChI is InChI=1S/C13H14ClN3O2/c1-17-10(4-6-16-17)5-7-19-13(18)11-8-9(15)2-3-12(11)14/h2-4,6,8H,5,7,15H2,1H3. The number of nitrogens with zero attached hydrogens (tertiary/aromatic N) is 2. The second kappa shape index (κ2) is 5.75. The number of anilines is 1. The summed E-state index contributed by atoms with van der Waals surface area (Å²) in [5, 5.41) is 4.37. The van der Waals surface area contributed by atoms with Crippen LogP contribution in [0.2, 0.25) is 5.02 Å². The third-order valence-corrected chi connectivity index (χ3v) is 3.05. The maximum atomic E-state index is 11.8. The van der Waals surface area contributed by atoms with Gasteiger partial charge in [0.25, 0.3) is 0 Å². The van der Waals surface area contributed by atoms with E-state index in [4.69, 9.17) is 22.1 Å². The van der Waals surface area contributed by atoms with E-state index in [9.17, 15) is 4.79 Å². The molecule has 0 unspecified atom stereocenters. The molecule has 0 fully saturated rings. The predicted octanol–water partition coefficient (Wildman–Crippen LogP) is 2.06. The average Bonchev–Trinajstić information content (AvgIpc) is 2.78. The zero-order valence-electron chi connectivity index (χ0n) is 10.5. The Morgan fingerprint density at radius 3 is 2.95 bits per heavy atom. The molecule has 100 valence electrons. The number of esters is 1. The summed E-state index contributed by atoms with van der Waals surface area (Å²) < 4.78 is 6.91. The van der Waals surface area contributed by atoms with Gasteiger partial charge < -0.3 is 10.5 Å². The van der Waals surface area contributed by atoms with Crippen LogP contribution < -0.4 is 5.73 Å². The van der Waals surface area contributed by atoms with Gasteiger partial charge >= 0.3 is 5.97 Å². The van der Waals surface area contributed by atoms with Crippen LogP contribution >= 0.6 is 11.6 Å². The molecular formula is C13H14ClN3O2. The van der Waals surface area contributed by atoms with Crippen LogP contribution in [0.15, 0.2) is 30.5 Å². The fraction of sp³-hybridized carbons (Fsp3) is 0.231. The van der Waals surface area contributed by atoms with Crippen LogP contribution in [0, 0.1) is 0 Å². The van der Waals surface area contributed by atoms with Gasteiger partial charge in [-0.1, -0.05) is 11.6 Å². The Morgan fingerprint density at radius 2 is 2.26 bits per heavy atom. The van der Waals surface area contributed by atoms with E-state index in [-0.39, 0.29) is 12.2 Å². The molecule has 0 bridgehead atoms. The molecule has 1 aromatic heterocycles. The lowest BCUT2D eigenvalue weighted by atomic mass is 10.2. The molecule has 0 radical (unpaired) electrons. The van der Waals surface area contributed by atoms with Gasteiger partial charge in [0.2, 0.25) is 0 Å². The number of ether oxygens (including phenoxy) is 1. The molecule has 19 heavy (non-hydrogen) atoms. The molecule has 5 nitrogen and oxygen atoms in total. The van der Waals surface area contributed by atoms with Gasteiger partial charge in [0.05, 0.1) is 17.2 Å². The monoisotopic (exact) mass is 279 g/mol. The second-order valence-corrected chi connectivity index (χ2v) is 4.48. The van der Waals surface area contributed by atoms with Crippen molar-refractivity contribution >= 4 is 23.3 Å². The first-order valence-corrected chi connectivity index (χ1v) is 6.15. The van der Waals surface area contributed by atoms with Crippen LogP contribution in [0.4, 0.5) is 5.69 Å². The summed E-state index contributed by atoms with van der Waals surface area (Å²) in [4.78, 5) is 11.8. The summed E-state index contributed by atoms with van der Waals surface area (Å²) in [5.74, 6) is -0.473.